The molecule has 2 atom stereocenters. The number of likely N-dealkylation sites (N-methyl/N-ethyl adjacent to an activating group) is 1. The number of piperidine rings is 1. The highest BCUT2D eigenvalue weighted by molar-refractivity contribution is 5.81. The lowest BCUT2D eigenvalue weighted by Gasteiger charge is -2.34. The van der Waals surface area contributed by atoms with E-state index in [1.54, 1.807) is 7.05 Å². The third kappa shape index (κ3) is 4.84. The van der Waals surface area contributed by atoms with Gasteiger partial charge in [0.25, 0.3) is 0 Å². The van der Waals surface area contributed by atoms with Gasteiger partial charge in [-0.3, -0.25) is 14.6 Å². The van der Waals surface area contributed by atoms with Gasteiger partial charge in [0, 0.05) is 38.3 Å². The molecule has 0 bridgehead atoms. The van der Waals surface area contributed by atoms with Crippen molar-refractivity contribution in [3.8, 4) is 0 Å². The monoisotopic (exact) mass is 358 g/mol. The molecule has 0 saturated carbocycles. The van der Waals surface area contributed by atoms with E-state index >= 15 is 0 Å². The lowest BCUT2D eigenvalue weighted by molar-refractivity contribution is -0.125. The van der Waals surface area contributed by atoms with Gasteiger partial charge in [0.1, 0.15) is 0 Å². The number of likely N-dealkylation sites (tertiary alicyclic amines) is 2. The molecule has 2 saturated heterocycles. The fourth-order valence-electron chi connectivity index (χ4n) is 4.41. The Morgan fingerprint density at radius 2 is 1.85 bits per heavy atom. The predicted molar refractivity (Wildman–Crippen MR) is 106 cm³/mol. The van der Waals surface area contributed by atoms with Crippen LogP contribution in [-0.4, -0.2) is 66.6 Å². The molecule has 144 valence electrons. The second kappa shape index (κ2) is 8.98. The van der Waals surface area contributed by atoms with Crippen LogP contribution in [0.4, 0.5) is 0 Å². The number of nitrogens with zero attached hydrogens (tertiary/aromatic N) is 2. The molecule has 0 aliphatic carbocycles. The van der Waals surface area contributed by atoms with E-state index in [2.05, 4.69) is 64.6 Å². The zero-order valence-electron chi connectivity index (χ0n) is 16.4. The average Bonchev–Trinajstić information content (AvgIpc) is 3.08. The van der Waals surface area contributed by atoms with Crippen molar-refractivity contribution < 1.29 is 4.79 Å². The van der Waals surface area contributed by atoms with E-state index < -0.39 is 0 Å². The van der Waals surface area contributed by atoms with Crippen LogP contribution < -0.4 is 10.6 Å². The molecular weight excluding hydrogens is 324 g/mol. The van der Waals surface area contributed by atoms with Gasteiger partial charge in [0.15, 0.2) is 0 Å². The Morgan fingerprint density at radius 1 is 1.15 bits per heavy atom. The maximum absolute atomic E-state index is 12.2. The molecule has 2 aliphatic heterocycles. The van der Waals surface area contributed by atoms with E-state index in [0.29, 0.717) is 18.1 Å². The van der Waals surface area contributed by atoms with E-state index in [9.17, 15) is 4.79 Å². The van der Waals surface area contributed by atoms with Crippen molar-refractivity contribution in [2.75, 3.05) is 26.7 Å². The molecule has 0 radical (unpaired) electrons. The van der Waals surface area contributed by atoms with Gasteiger partial charge in [0.2, 0.25) is 5.91 Å². The Labute approximate surface area is 158 Å². The minimum atomic E-state index is 0.00988. The summed E-state index contributed by atoms with van der Waals surface area (Å²) in [6.45, 7) is 8.68. The summed E-state index contributed by atoms with van der Waals surface area (Å²) in [6, 6.07) is 12.1. The molecule has 3 rings (SSSR count). The molecule has 2 N–H and O–H groups in total. The number of carbonyl (C=O) groups is 1. The fraction of sp³-hybridized carbons (Fsp3) is 0.667. The largest absolute Gasteiger partial charge is 0.358 e. The first kappa shape index (κ1) is 19.3. The molecular formula is C21H34N4O. The third-order valence-electron chi connectivity index (χ3n) is 5.86. The summed E-state index contributed by atoms with van der Waals surface area (Å²) in [5.41, 5.74) is 1.40. The highest BCUT2D eigenvalue weighted by atomic mass is 16.2. The second-order valence-corrected chi connectivity index (χ2v) is 8.06. The SMILES string of the molecule is CNC(=O)[C@@H]1C[C@H](NC2CCN(Cc3ccccc3)CC2)CN1C(C)C. The van der Waals surface area contributed by atoms with Crippen LogP contribution in [0.2, 0.25) is 0 Å². The molecule has 5 nitrogen and oxygen atoms in total. The topological polar surface area (TPSA) is 47.6 Å². The predicted octanol–water partition coefficient (Wildman–Crippen LogP) is 1.84. The first-order valence-electron chi connectivity index (χ1n) is 10.1. The maximum atomic E-state index is 12.2. The number of hydrogen-bond acceptors (Lipinski definition) is 4. The lowest BCUT2D eigenvalue weighted by Crippen LogP contribution is -2.47. The summed E-state index contributed by atoms with van der Waals surface area (Å²) in [5, 5.41) is 6.68. The smallest absolute Gasteiger partial charge is 0.237 e. The quantitative estimate of drug-likeness (QED) is 0.815. The second-order valence-electron chi connectivity index (χ2n) is 8.06. The summed E-state index contributed by atoms with van der Waals surface area (Å²) in [6.07, 6.45) is 3.30. The first-order valence-corrected chi connectivity index (χ1v) is 10.1. The number of carbonyl (C=O) groups excluding carboxylic acids is 1. The summed E-state index contributed by atoms with van der Waals surface area (Å²) >= 11 is 0. The van der Waals surface area contributed by atoms with Crippen LogP contribution in [0, 0.1) is 0 Å². The highest BCUT2D eigenvalue weighted by Gasteiger charge is 2.38. The summed E-state index contributed by atoms with van der Waals surface area (Å²) in [7, 11) is 1.74. The minimum Gasteiger partial charge on any atom is -0.358 e. The molecule has 2 aliphatic rings. The van der Waals surface area contributed by atoms with Crippen molar-refractivity contribution in [3.63, 3.8) is 0 Å². The van der Waals surface area contributed by atoms with Crippen LogP contribution in [0.3, 0.4) is 0 Å². The van der Waals surface area contributed by atoms with Gasteiger partial charge in [-0.25, -0.2) is 0 Å². The van der Waals surface area contributed by atoms with Crippen molar-refractivity contribution in [3.05, 3.63) is 35.9 Å². The zero-order valence-corrected chi connectivity index (χ0v) is 16.4. The molecule has 0 aromatic heterocycles. The van der Waals surface area contributed by atoms with Gasteiger partial charge in [-0.1, -0.05) is 30.3 Å². The van der Waals surface area contributed by atoms with E-state index in [1.165, 1.54) is 18.4 Å². The summed E-state index contributed by atoms with van der Waals surface area (Å²) < 4.78 is 0. The number of rotatable bonds is 6. The molecule has 0 unspecified atom stereocenters. The van der Waals surface area contributed by atoms with E-state index in [-0.39, 0.29) is 11.9 Å². The third-order valence-corrected chi connectivity index (χ3v) is 5.86. The molecule has 1 amide bonds. The average molecular weight is 359 g/mol. The van der Waals surface area contributed by atoms with Gasteiger partial charge in [-0.05, 0) is 51.8 Å². The number of amides is 1. The van der Waals surface area contributed by atoms with Gasteiger partial charge in [-0.2, -0.15) is 0 Å². The van der Waals surface area contributed by atoms with E-state index in [1.807, 2.05) is 0 Å². The molecule has 1 aromatic rings. The fourth-order valence-corrected chi connectivity index (χ4v) is 4.41. The van der Waals surface area contributed by atoms with Crippen LogP contribution in [0.15, 0.2) is 30.3 Å². The molecule has 1 aromatic carbocycles. The Bertz CT molecular complexity index is 569. The number of benzene rings is 1. The normalized spacial score (nSPS) is 25.7. The van der Waals surface area contributed by atoms with E-state index in [0.717, 1.165) is 32.6 Å². The lowest BCUT2D eigenvalue weighted by atomic mass is 10.0. The van der Waals surface area contributed by atoms with Gasteiger partial charge in [0.05, 0.1) is 6.04 Å². The molecule has 2 heterocycles. The van der Waals surface area contributed by atoms with Gasteiger partial charge >= 0.3 is 0 Å². The molecule has 26 heavy (non-hydrogen) atoms. The summed E-state index contributed by atoms with van der Waals surface area (Å²) in [5.74, 6) is 0.153. The van der Waals surface area contributed by atoms with Crippen LogP contribution in [0.1, 0.15) is 38.7 Å². The molecule has 0 spiro atoms. The van der Waals surface area contributed by atoms with Gasteiger partial charge < -0.3 is 10.6 Å². The standard InChI is InChI=1S/C21H34N4O/c1-16(2)25-15-19(13-20(25)21(26)22-3)23-18-9-11-24(12-10-18)14-17-7-5-4-6-8-17/h4-8,16,18-20,23H,9-15H2,1-3H3,(H,22,26)/t19-,20-/m0/s1. The van der Waals surface area contributed by atoms with Crippen LogP contribution in [0.5, 0.6) is 0 Å². The van der Waals surface area contributed by atoms with Crippen molar-refractivity contribution in [1.29, 1.82) is 0 Å². The van der Waals surface area contributed by atoms with E-state index in [4.69, 9.17) is 0 Å². The summed E-state index contributed by atoms with van der Waals surface area (Å²) in [4.78, 5) is 17.1. The van der Waals surface area contributed by atoms with Crippen LogP contribution >= 0.6 is 0 Å². The molecule has 2 fully saturated rings. The Hall–Kier alpha value is -1.43. The Balaban J connectivity index is 1.46. The molecule has 5 heteroatoms. The van der Waals surface area contributed by atoms with Crippen molar-refractivity contribution in [2.24, 2.45) is 0 Å². The number of nitrogens with one attached hydrogen (secondary N) is 2. The van der Waals surface area contributed by atoms with Gasteiger partial charge in [-0.15, -0.1) is 0 Å². The Morgan fingerprint density at radius 3 is 2.46 bits per heavy atom. The highest BCUT2D eigenvalue weighted by Crippen LogP contribution is 2.23. The Kier molecular flexibility index (Phi) is 6.68. The van der Waals surface area contributed by atoms with Crippen molar-refractivity contribution >= 4 is 5.91 Å². The van der Waals surface area contributed by atoms with Crippen LogP contribution in [-0.2, 0) is 11.3 Å². The maximum Gasteiger partial charge on any atom is 0.237 e. The van der Waals surface area contributed by atoms with Crippen molar-refractivity contribution in [2.45, 2.75) is 63.8 Å². The minimum absolute atomic E-state index is 0.00988. The first-order chi connectivity index (χ1) is 12.6. The van der Waals surface area contributed by atoms with Crippen molar-refractivity contribution in [1.82, 2.24) is 20.4 Å². The zero-order chi connectivity index (χ0) is 18.5. The van der Waals surface area contributed by atoms with Crippen LogP contribution in [0.25, 0.3) is 0 Å². The number of hydrogen-bond donors (Lipinski definition) is 2.